The predicted molar refractivity (Wildman–Crippen MR) is 85.7 cm³/mol. The topological polar surface area (TPSA) is 70.1 Å². The third-order valence-corrected chi connectivity index (χ3v) is 3.13. The Morgan fingerprint density at radius 2 is 1.86 bits per heavy atom. The van der Waals surface area contributed by atoms with E-state index in [0.717, 1.165) is 17.8 Å². The number of aromatic nitrogens is 2. The van der Waals surface area contributed by atoms with Crippen molar-refractivity contribution in [3.63, 3.8) is 0 Å². The van der Waals surface area contributed by atoms with Crippen molar-refractivity contribution >= 4 is 17.2 Å². The SMILES string of the molecule is CCCn1c(=O)cc(Nc2ccc(N(C)C)cc2)[nH]c1=O. The number of H-pyrrole nitrogens is 1. The van der Waals surface area contributed by atoms with Gasteiger partial charge in [-0.1, -0.05) is 6.92 Å². The zero-order chi connectivity index (χ0) is 15.4. The van der Waals surface area contributed by atoms with Gasteiger partial charge >= 0.3 is 5.69 Å². The number of hydrogen-bond acceptors (Lipinski definition) is 4. The minimum Gasteiger partial charge on any atom is -0.378 e. The Kier molecular flexibility index (Phi) is 4.47. The van der Waals surface area contributed by atoms with E-state index < -0.39 is 5.69 Å². The fraction of sp³-hybridized carbons (Fsp3) is 0.333. The molecule has 0 aliphatic carbocycles. The molecule has 0 atom stereocenters. The molecule has 0 saturated heterocycles. The molecule has 2 aromatic rings. The molecule has 0 radical (unpaired) electrons. The summed E-state index contributed by atoms with van der Waals surface area (Å²) in [6, 6.07) is 9.10. The zero-order valence-corrected chi connectivity index (χ0v) is 12.5. The number of rotatable bonds is 5. The second-order valence-corrected chi connectivity index (χ2v) is 5.04. The second-order valence-electron chi connectivity index (χ2n) is 5.04. The summed E-state index contributed by atoms with van der Waals surface area (Å²) in [5.74, 6) is 0.398. The van der Waals surface area contributed by atoms with E-state index in [9.17, 15) is 9.59 Å². The van der Waals surface area contributed by atoms with Crippen molar-refractivity contribution < 1.29 is 0 Å². The van der Waals surface area contributed by atoms with Crippen LogP contribution in [-0.2, 0) is 6.54 Å². The van der Waals surface area contributed by atoms with Crippen LogP contribution in [0.2, 0.25) is 0 Å². The summed E-state index contributed by atoms with van der Waals surface area (Å²) in [7, 11) is 3.93. The van der Waals surface area contributed by atoms with Crippen LogP contribution in [0, 0.1) is 0 Å². The van der Waals surface area contributed by atoms with Crippen molar-refractivity contribution in [2.24, 2.45) is 0 Å². The van der Waals surface area contributed by atoms with Crippen LogP contribution in [0.3, 0.4) is 0 Å². The van der Waals surface area contributed by atoms with Gasteiger partial charge in [0.25, 0.3) is 5.56 Å². The summed E-state index contributed by atoms with van der Waals surface area (Å²) in [6.07, 6.45) is 0.738. The van der Waals surface area contributed by atoms with Crippen LogP contribution in [0.25, 0.3) is 0 Å². The fourth-order valence-corrected chi connectivity index (χ4v) is 2.02. The quantitative estimate of drug-likeness (QED) is 0.879. The first-order chi connectivity index (χ1) is 10.0. The first-order valence-corrected chi connectivity index (χ1v) is 6.90. The molecule has 0 fully saturated rings. The predicted octanol–water partition coefficient (Wildman–Crippen LogP) is 1.76. The van der Waals surface area contributed by atoms with E-state index in [0.29, 0.717) is 12.4 Å². The van der Waals surface area contributed by atoms with E-state index in [-0.39, 0.29) is 5.56 Å². The van der Waals surface area contributed by atoms with Crippen LogP contribution in [0.4, 0.5) is 17.2 Å². The number of hydrogen-bond donors (Lipinski definition) is 2. The highest BCUT2D eigenvalue weighted by Crippen LogP contribution is 2.17. The normalized spacial score (nSPS) is 10.4. The molecule has 1 aromatic heterocycles. The number of aromatic amines is 1. The molecular weight excluding hydrogens is 268 g/mol. The minimum absolute atomic E-state index is 0.298. The average molecular weight is 288 g/mol. The van der Waals surface area contributed by atoms with E-state index in [1.807, 2.05) is 50.2 Å². The van der Waals surface area contributed by atoms with Crippen molar-refractivity contribution in [3.8, 4) is 0 Å². The maximum Gasteiger partial charge on any atom is 0.329 e. The number of benzene rings is 1. The number of nitrogens with one attached hydrogen (secondary N) is 2. The molecule has 21 heavy (non-hydrogen) atoms. The van der Waals surface area contributed by atoms with Gasteiger partial charge in [-0.3, -0.25) is 14.3 Å². The monoisotopic (exact) mass is 288 g/mol. The summed E-state index contributed by atoms with van der Waals surface area (Å²) in [4.78, 5) is 28.4. The molecule has 6 heteroatoms. The van der Waals surface area contributed by atoms with Crippen LogP contribution >= 0.6 is 0 Å². The third-order valence-electron chi connectivity index (χ3n) is 3.13. The highest BCUT2D eigenvalue weighted by molar-refractivity contribution is 5.60. The van der Waals surface area contributed by atoms with E-state index in [1.54, 1.807) is 0 Å². The molecule has 2 rings (SSSR count). The Morgan fingerprint density at radius 1 is 1.19 bits per heavy atom. The van der Waals surface area contributed by atoms with Gasteiger partial charge in [0.2, 0.25) is 0 Å². The maximum atomic E-state index is 11.9. The van der Waals surface area contributed by atoms with Crippen molar-refractivity contribution in [1.29, 1.82) is 0 Å². The smallest absolute Gasteiger partial charge is 0.329 e. The fourth-order valence-electron chi connectivity index (χ4n) is 2.02. The van der Waals surface area contributed by atoms with Crippen LogP contribution in [0.1, 0.15) is 13.3 Å². The Hall–Kier alpha value is -2.50. The Bertz CT molecular complexity index is 682. The molecule has 0 aliphatic heterocycles. The molecule has 0 bridgehead atoms. The first kappa shape index (κ1) is 14.9. The Morgan fingerprint density at radius 3 is 2.38 bits per heavy atom. The minimum atomic E-state index is -0.392. The largest absolute Gasteiger partial charge is 0.378 e. The maximum absolute atomic E-state index is 11.9. The lowest BCUT2D eigenvalue weighted by Crippen LogP contribution is -2.34. The number of nitrogens with zero attached hydrogens (tertiary/aromatic N) is 2. The molecule has 0 unspecified atom stereocenters. The Balaban J connectivity index is 2.24. The summed E-state index contributed by atoms with van der Waals surface area (Å²) in [6.45, 7) is 2.34. The summed E-state index contributed by atoms with van der Waals surface area (Å²) < 4.78 is 1.19. The lowest BCUT2D eigenvalue weighted by Gasteiger charge is -2.13. The molecule has 6 nitrogen and oxygen atoms in total. The second kappa shape index (κ2) is 6.30. The van der Waals surface area contributed by atoms with Crippen molar-refractivity contribution in [2.45, 2.75) is 19.9 Å². The van der Waals surface area contributed by atoms with E-state index in [4.69, 9.17) is 0 Å². The van der Waals surface area contributed by atoms with Gasteiger partial charge in [0, 0.05) is 38.1 Å². The molecule has 0 aliphatic rings. The van der Waals surface area contributed by atoms with Crippen molar-refractivity contribution in [3.05, 3.63) is 51.2 Å². The average Bonchev–Trinajstić information content (AvgIpc) is 2.43. The molecular formula is C15H20N4O2. The van der Waals surface area contributed by atoms with Crippen molar-refractivity contribution in [1.82, 2.24) is 9.55 Å². The highest BCUT2D eigenvalue weighted by atomic mass is 16.2. The van der Waals surface area contributed by atoms with Crippen LogP contribution in [0.15, 0.2) is 39.9 Å². The van der Waals surface area contributed by atoms with Gasteiger partial charge in [-0.05, 0) is 30.7 Å². The van der Waals surface area contributed by atoms with Crippen LogP contribution < -0.4 is 21.5 Å². The molecule has 0 amide bonds. The molecule has 1 aromatic carbocycles. The van der Waals surface area contributed by atoms with Gasteiger partial charge in [-0.25, -0.2) is 4.79 Å². The van der Waals surface area contributed by atoms with Gasteiger partial charge in [0.05, 0.1) is 0 Å². The molecule has 0 saturated carbocycles. The van der Waals surface area contributed by atoms with Gasteiger partial charge in [0.1, 0.15) is 5.82 Å². The van der Waals surface area contributed by atoms with Gasteiger partial charge in [-0.2, -0.15) is 0 Å². The van der Waals surface area contributed by atoms with E-state index >= 15 is 0 Å². The van der Waals surface area contributed by atoms with Crippen LogP contribution in [-0.4, -0.2) is 23.6 Å². The standard InChI is InChI=1S/C15H20N4O2/c1-4-9-19-14(20)10-13(17-15(19)21)16-11-5-7-12(8-6-11)18(2)3/h5-8,10,16H,4,9H2,1-3H3,(H,17,21). The molecule has 2 N–H and O–H groups in total. The highest BCUT2D eigenvalue weighted by Gasteiger charge is 2.04. The van der Waals surface area contributed by atoms with Crippen molar-refractivity contribution in [2.75, 3.05) is 24.3 Å². The first-order valence-electron chi connectivity index (χ1n) is 6.90. The summed E-state index contributed by atoms with van der Waals surface area (Å²) >= 11 is 0. The molecule has 112 valence electrons. The lowest BCUT2D eigenvalue weighted by atomic mass is 10.2. The summed E-state index contributed by atoms with van der Waals surface area (Å²) in [5, 5.41) is 3.03. The van der Waals surface area contributed by atoms with Gasteiger partial charge in [0.15, 0.2) is 0 Å². The van der Waals surface area contributed by atoms with E-state index in [1.165, 1.54) is 10.6 Å². The zero-order valence-electron chi connectivity index (χ0n) is 12.5. The molecule has 1 heterocycles. The lowest BCUT2D eigenvalue weighted by molar-refractivity contribution is 0.616. The van der Waals surface area contributed by atoms with Gasteiger partial charge < -0.3 is 10.2 Å². The Labute approximate surface area is 123 Å². The van der Waals surface area contributed by atoms with E-state index in [2.05, 4.69) is 10.3 Å². The molecule has 0 spiro atoms. The third kappa shape index (κ3) is 3.53. The number of anilines is 3. The van der Waals surface area contributed by atoms with Gasteiger partial charge in [-0.15, -0.1) is 0 Å². The summed E-state index contributed by atoms with van der Waals surface area (Å²) in [5.41, 5.74) is 1.20. The van der Waals surface area contributed by atoms with Crippen LogP contribution in [0.5, 0.6) is 0 Å².